The molecule has 6 nitrogen and oxygen atoms in total. The van der Waals surface area contributed by atoms with Gasteiger partial charge in [0, 0.05) is 16.8 Å². The number of thioether (sulfide) groups is 1. The average molecular weight is 324 g/mol. The van der Waals surface area contributed by atoms with Crippen molar-refractivity contribution in [1.82, 2.24) is 5.32 Å². The molecule has 1 aromatic heterocycles. The number of thiocyanates is 1. The van der Waals surface area contributed by atoms with Crippen molar-refractivity contribution in [2.75, 3.05) is 5.32 Å². The number of nitrogens with zero attached hydrogens (tertiary/aromatic N) is 2. The van der Waals surface area contributed by atoms with Gasteiger partial charge in [0.1, 0.15) is 22.8 Å². The van der Waals surface area contributed by atoms with Gasteiger partial charge in [-0.25, -0.2) is 0 Å². The van der Waals surface area contributed by atoms with Crippen LogP contribution in [0, 0.1) is 22.0 Å². The molecule has 0 radical (unpaired) electrons. The number of carbonyl (C=O) groups is 1. The number of nitriles is 2. The van der Waals surface area contributed by atoms with Crippen LogP contribution in [0.2, 0.25) is 0 Å². The molecule has 0 aliphatic rings. The van der Waals surface area contributed by atoms with Crippen LogP contribution in [-0.4, -0.2) is 5.91 Å². The third-order valence-corrected chi connectivity index (χ3v) is 3.37. The van der Waals surface area contributed by atoms with Crippen LogP contribution in [0.1, 0.15) is 5.76 Å². The van der Waals surface area contributed by atoms with Gasteiger partial charge < -0.3 is 15.1 Å². The molecule has 2 rings (SSSR count). The highest BCUT2D eigenvalue weighted by atomic mass is 32.2. The average Bonchev–Trinajstić information content (AvgIpc) is 3.09. The predicted molar refractivity (Wildman–Crippen MR) is 85.8 cm³/mol. The van der Waals surface area contributed by atoms with E-state index in [9.17, 15) is 4.79 Å². The summed E-state index contributed by atoms with van der Waals surface area (Å²) < 4.78 is 5.10. The molecule has 1 heterocycles. The summed E-state index contributed by atoms with van der Waals surface area (Å²) in [4.78, 5) is 12.7. The first-order chi connectivity index (χ1) is 11.2. The number of nitrogens with one attached hydrogen (secondary N) is 2. The highest BCUT2D eigenvalue weighted by Crippen LogP contribution is 2.19. The van der Waals surface area contributed by atoms with Crippen LogP contribution < -0.4 is 10.6 Å². The maximum atomic E-state index is 11.9. The molecule has 0 saturated heterocycles. The zero-order valence-electron chi connectivity index (χ0n) is 11.9. The largest absolute Gasteiger partial charge is 0.467 e. The van der Waals surface area contributed by atoms with E-state index < -0.39 is 5.91 Å². The van der Waals surface area contributed by atoms with Crippen LogP contribution in [0.4, 0.5) is 5.69 Å². The van der Waals surface area contributed by atoms with Crippen LogP contribution in [0.5, 0.6) is 0 Å². The van der Waals surface area contributed by atoms with Crippen molar-refractivity contribution in [2.45, 2.75) is 11.4 Å². The molecule has 0 fully saturated rings. The fraction of sp³-hybridized carbons (Fsp3) is 0.0625. The normalized spacial score (nSPS) is 10.4. The maximum Gasteiger partial charge on any atom is 0.263 e. The van der Waals surface area contributed by atoms with Gasteiger partial charge in [-0.2, -0.15) is 10.5 Å². The Hall–Kier alpha value is -3.16. The fourth-order valence-corrected chi connectivity index (χ4v) is 2.03. The third-order valence-electron chi connectivity index (χ3n) is 2.77. The van der Waals surface area contributed by atoms with E-state index in [2.05, 4.69) is 10.6 Å². The molecule has 114 valence electrons. The summed E-state index contributed by atoms with van der Waals surface area (Å²) in [6.45, 7) is 0.213. The molecule has 2 aromatic rings. The molecule has 0 unspecified atom stereocenters. The number of amides is 1. The van der Waals surface area contributed by atoms with E-state index >= 15 is 0 Å². The maximum absolute atomic E-state index is 11.9. The van der Waals surface area contributed by atoms with Gasteiger partial charge in [-0.15, -0.1) is 0 Å². The molecule has 0 saturated carbocycles. The van der Waals surface area contributed by atoms with Crippen molar-refractivity contribution in [3.63, 3.8) is 0 Å². The van der Waals surface area contributed by atoms with Gasteiger partial charge >= 0.3 is 0 Å². The van der Waals surface area contributed by atoms with E-state index in [4.69, 9.17) is 14.9 Å². The second-order valence-corrected chi connectivity index (χ2v) is 5.15. The zero-order chi connectivity index (χ0) is 16.5. The van der Waals surface area contributed by atoms with E-state index in [1.807, 2.05) is 11.5 Å². The van der Waals surface area contributed by atoms with Crippen LogP contribution in [0.25, 0.3) is 0 Å². The topological polar surface area (TPSA) is 102 Å². The molecule has 1 amide bonds. The number of hydrogen-bond donors (Lipinski definition) is 2. The van der Waals surface area contributed by atoms with E-state index in [0.29, 0.717) is 11.4 Å². The lowest BCUT2D eigenvalue weighted by Gasteiger charge is -2.04. The summed E-state index contributed by atoms with van der Waals surface area (Å²) in [5.74, 6) is 0.113. The Balaban J connectivity index is 1.94. The molecule has 23 heavy (non-hydrogen) atoms. The van der Waals surface area contributed by atoms with E-state index in [0.717, 1.165) is 16.7 Å². The molecule has 0 bridgehead atoms. The SMILES string of the molecule is N#CSc1ccc(N/C=C(/C#N)C(=O)NCc2ccco2)cc1. The minimum Gasteiger partial charge on any atom is -0.467 e. The Kier molecular flexibility index (Phi) is 5.87. The number of anilines is 1. The van der Waals surface area contributed by atoms with Crippen LogP contribution in [0.3, 0.4) is 0 Å². The first-order valence-electron chi connectivity index (χ1n) is 6.56. The van der Waals surface area contributed by atoms with Crippen molar-refractivity contribution in [3.05, 3.63) is 60.2 Å². The van der Waals surface area contributed by atoms with E-state index in [1.165, 1.54) is 12.5 Å². The van der Waals surface area contributed by atoms with Crippen molar-refractivity contribution in [3.8, 4) is 11.5 Å². The van der Waals surface area contributed by atoms with Crippen LogP contribution in [0.15, 0.2) is 63.7 Å². The first kappa shape index (κ1) is 16.2. The minimum absolute atomic E-state index is 0.0490. The van der Waals surface area contributed by atoms with Crippen molar-refractivity contribution >= 4 is 23.4 Å². The molecule has 7 heteroatoms. The number of rotatable bonds is 6. The first-order valence-corrected chi connectivity index (χ1v) is 7.38. The Morgan fingerprint density at radius 2 is 2.04 bits per heavy atom. The summed E-state index contributed by atoms with van der Waals surface area (Å²) >= 11 is 1.06. The number of furan rings is 1. The number of benzene rings is 1. The van der Waals surface area contributed by atoms with Gasteiger partial charge in [-0.05, 0) is 48.2 Å². The molecule has 0 aliphatic carbocycles. The highest BCUT2D eigenvalue weighted by molar-refractivity contribution is 8.03. The molecular weight excluding hydrogens is 312 g/mol. The van der Waals surface area contributed by atoms with Crippen LogP contribution >= 0.6 is 11.8 Å². The van der Waals surface area contributed by atoms with Crippen molar-refractivity contribution in [2.24, 2.45) is 0 Å². The third kappa shape index (κ3) is 4.95. The minimum atomic E-state index is -0.493. The predicted octanol–water partition coefficient (Wildman–Crippen LogP) is 2.99. The lowest BCUT2D eigenvalue weighted by atomic mass is 10.2. The van der Waals surface area contributed by atoms with Crippen molar-refractivity contribution in [1.29, 1.82) is 10.5 Å². The number of hydrogen-bond acceptors (Lipinski definition) is 6. The van der Waals surface area contributed by atoms with Gasteiger partial charge in [0.05, 0.1) is 12.8 Å². The molecule has 0 atom stereocenters. The Labute approximate surface area is 137 Å². The summed E-state index contributed by atoms with van der Waals surface area (Å²) in [7, 11) is 0. The highest BCUT2D eigenvalue weighted by Gasteiger charge is 2.09. The zero-order valence-corrected chi connectivity index (χ0v) is 12.8. The summed E-state index contributed by atoms with van der Waals surface area (Å²) in [5, 5.41) is 25.1. The standard InChI is InChI=1S/C16H12N4O2S/c17-8-12(16(21)20-10-14-2-1-7-22-14)9-19-13-3-5-15(6-4-13)23-11-18/h1-7,9,19H,10H2,(H,20,21)/b12-9-. The molecular formula is C16H12N4O2S. The van der Waals surface area contributed by atoms with Crippen LogP contribution in [-0.2, 0) is 11.3 Å². The molecule has 1 aromatic carbocycles. The second-order valence-electron chi connectivity index (χ2n) is 4.29. The Morgan fingerprint density at radius 1 is 1.26 bits per heavy atom. The second kappa shape index (κ2) is 8.32. The van der Waals surface area contributed by atoms with E-state index in [1.54, 1.807) is 36.4 Å². The summed E-state index contributed by atoms with van der Waals surface area (Å²) in [6, 6.07) is 12.3. The van der Waals surface area contributed by atoms with Gasteiger partial charge in [0.25, 0.3) is 5.91 Å². The smallest absolute Gasteiger partial charge is 0.263 e. The molecule has 0 spiro atoms. The quantitative estimate of drug-likeness (QED) is 0.366. The fourth-order valence-electron chi connectivity index (χ4n) is 1.65. The van der Waals surface area contributed by atoms with Gasteiger partial charge in [-0.3, -0.25) is 4.79 Å². The summed E-state index contributed by atoms with van der Waals surface area (Å²) in [5.41, 5.74) is 0.658. The molecule has 0 aliphatic heterocycles. The monoisotopic (exact) mass is 324 g/mol. The van der Waals surface area contributed by atoms with Gasteiger partial charge in [0.2, 0.25) is 0 Å². The molecule has 2 N–H and O–H groups in total. The van der Waals surface area contributed by atoms with E-state index in [-0.39, 0.29) is 12.1 Å². The van der Waals surface area contributed by atoms with Crippen molar-refractivity contribution < 1.29 is 9.21 Å². The summed E-state index contributed by atoms with van der Waals surface area (Å²) in [6.07, 6.45) is 2.85. The number of carbonyl (C=O) groups excluding carboxylic acids is 1. The Bertz CT molecular complexity index is 768. The van der Waals surface area contributed by atoms with Gasteiger partial charge in [-0.1, -0.05) is 0 Å². The lowest BCUT2D eigenvalue weighted by molar-refractivity contribution is -0.117. The van der Waals surface area contributed by atoms with Gasteiger partial charge in [0.15, 0.2) is 0 Å². The lowest BCUT2D eigenvalue weighted by Crippen LogP contribution is -2.24. The Morgan fingerprint density at radius 3 is 2.65 bits per heavy atom.